The van der Waals surface area contributed by atoms with E-state index in [1.54, 1.807) is 6.07 Å². The van der Waals surface area contributed by atoms with Gasteiger partial charge in [-0.25, -0.2) is 13.1 Å². The van der Waals surface area contributed by atoms with Gasteiger partial charge in [0.15, 0.2) is 0 Å². The lowest BCUT2D eigenvalue weighted by Gasteiger charge is -2.11. The Morgan fingerprint density at radius 1 is 1.24 bits per heavy atom. The first-order chi connectivity index (χ1) is 9.74. The van der Waals surface area contributed by atoms with Gasteiger partial charge < -0.3 is 10.5 Å². The minimum absolute atomic E-state index is 0.209. The Labute approximate surface area is 127 Å². The average Bonchev–Trinajstić information content (AvgIpc) is 2.39. The summed E-state index contributed by atoms with van der Waals surface area (Å²) in [6, 6.07) is 3.16. The first-order valence-corrected chi connectivity index (χ1v) is 8.70. The van der Waals surface area contributed by atoms with Gasteiger partial charge in [0, 0.05) is 18.8 Å². The van der Waals surface area contributed by atoms with Crippen molar-refractivity contribution in [2.45, 2.75) is 51.5 Å². The molecular formula is C15H26N2O3S. The summed E-state index contributed by atoms with van der Waals surface area (Å²) < 4.78 is 32.4. The summed E-state index contributed by atoms with van der Waals surface area (Å²) in [6.45, 7) is 8.74. The van der Waals surface area contributed by atoms with Crippen LogP contribution in [-0.2, 0) is 14.8 Å². The van der Waals surface area contributed by atoms with E-state index in [0.29, 0.717) is 18.8 Å². The Hall–Kier alpha value is -1.11. The molecule has 0 aliphatic rings. The number of unbranched alkanes of at least 4 members (excludes halogenated alkanes) is 1. The summed E-state index contributed by atoms with van der Waals surface area (Å²) in [4.78, 5) is 0.224. The molecule has 0 aromatic heterocycles. The molecule has 1 aromatic carbocycles. The molecule has 120 valence electrons. The molecule has 0 saturated carbocycles. The van der Waals surface area contributed by atoms with Gasteiger partial charge in [0.2, 0.25) is 10.0 Å². The Kier molecular flexibility index (Phi) is 6.64. The molecule has 21 heavy (non-hydrogen) atoms. The molecule has 0 atom stereocenters. The van der Waals surface area contributed by atoms with Crippen molar-refractivity contribution >= 4 is 15.7 Å². The Bertz CT molecular complexity index is 545. The van der Waals surface area contributed by atoms with Crippen molar-refractivity contribution in [3.05, 3.63) is 23.3 Å². The summed E-state index contributed by atoms with van der Waals surface area (Å²) in [5, 5.41) is 0. The van der Waals surface area contributed by atoms with Crippen molar-refractivity contribution in [1.82, 2.24) is 4.72 Å². The predicted molar refractivity (Wildman–Crippen MR) is 85.8 cm³/mol. The molecule has 0 unspecified atom stereocenters. The van der Waals surface area contributed by atoms with Crippen molar-refractivity contribution in [2.24, 2.45) is 0 Å². The molecular weight excluding hydrogens is 288 g/mol. The van der Waals surface area contributed by atoms with E-state index < -0.39 is 10.0 Å². The third kappa shape index (κ3) is 5.65. The van der Waals surface area contributed by atoms with Crippen LogP contribution in [0.3, 0.4) is 0 Å². The summed E-state index contributed by atoms with van der Waals surface area (Å²) in [5.74, 6) is 0. The quantitative estimate of drug-likeness (QED) is 0.570. The summed E-state index contributed by atoms with van der Waals surface area (Å²) in [6.07, 6.45) is 1.78. The lowest BCUT2D eigenvalue weighted by Crippen LogP contribution is -2.25. The molecule has 6 heteroatoms. The topological polar surface area (TPSA) is 81.4 Å². The van der Waals surface area contributed by atoms with Gasteiger partial charge in [0.05, 0.1) is 11.0 Å². The van der Waals surface area contributed by atoms with Crippen molar-refractivity contribution in [1.29, 1.82) is 0 Å². The number of hydrogen-bond acceptors (Lipinski definition) is 4. The number of nitrogens with one attached hydrogen (secondary N) is 1. The third-order valence-corrected chi connectivity index (χ3v) is 4.75. The van der Waals surface area contributed by atoms with E-state index in [2.05, 4.69) is 4.72 Å². The SMILES string of the molecule is Cc1cc(S(=O)(=O)NCCCCOC(C)C)cc(N)c1C. The number of aryl methyl sites for hydroxylation is 1. The fraction of sp³-hybridized carbons (Fsp3) is 0.600. The van der Waals surface area contributed by atoms with E-state index in [1.807, 2.05) is 27.7 Å². The van der Waals surface area contributed by atoms with Crippen LogP contribution in [0.25, 0.3) is 0 Å². The number of hydrogen-bond donors (Lipinski definition) is 2. The van der Waals surface area contributed by atoms with E-state index in [4.69, 9.17) is 10.5 Å². The van der Waals surface area contributed by atoms with E-state index in [1.165, 1.54) is 6.07 Å². The molecule has 0 saturated heterocycles. The highest BCUT2D eigenvalue weighted by Gasteiger charge is 2.15. The standard InChI is InChI=1S/C15H26N2O3S/c1-11(2)20-8-6-5-7-17-21(18,19)14-9-12(3)13(4)15(16)10-14/h9-11,17H,5-8,16H2,1-4H3. The number of ether oxygens (including phenoxy) is 1. The smallest absolute Gasteiger partial charge is 0.240 e. The van der Waals surface area contributed by atoms with E-state index in [0.717, 1.165) is 24.0 Å². The Morgan fingerprint density at radius 2 is 1.90 bits per heavy atom. The summed E-state index contributed by atoms with van der Waals surface area (Å²) in [5.41, 5.74) is 8.12. The van der Waals surface area contributed by atoms with Crippen LogP contribution in [0.2, 0.25) is 0 Å². The van der Waals surface area contributed by atoms with Gasteiger partial charge in [-0.15, -0.1) is 0 Å². The normalized spacial score (nSPS) is 12.0. The molecule has 0 amide bonds. The number of rotatable bonds is 8. The third-order valence-electron chi connectivity index (χ3n) is 3.31. The Balaban J connectivity index is 2.54. The van der Waals surface area contributed by atoms with Crippen LogP contribution >= 0.6 is 0 Å². The molecule has 0 radical (unpaired) electrons. The predicted octanol–water partition coefficient (Wildman–Crippen LogP) is 2.37. The molecule has 5 nitrogen and oxygen atoms in total. The first-order valence-electron chi connectivity index (χ1n) is 7.22. The highest BCUT2D eigenvalue weighted by molar-refractivity contribution is 7.89. The lowest BCUT2D eigenvalue weighted by atomic mass is 10.1. The highest BCUT2D eigenvalue weighted by atomic mass is 32.2. The minimum Gasteiger partial charge on any atom is -0.398 e. The summed E-state index contributed by atoms with van der Waals surface area (Å²) in [7, 11) is -3.50. The van der Waals surface area contributed by atoms with Crippen LogP contribution in [0.5, 0.6) is 0 Å². The molecule has 0 aliphatic heterocycles. The van der Waals surface area contributed by atoms with Crippen molar-refractivity contribution < 1.29 is 13.2 Å². The van der Waals surface area contributed by atoms with E-state index >= 15 is 0 Å². The van der Waals surface area contributed by atoms with Crippen LogP contribution in [0.4, 0.5) is 5.69 Å². The molecule has 0 spiro atoms. The second kappa shape index (κ2) is 7.77. The van der Waals surface area contributed by atoms with Gasteiger partial charge in [0.25, 0.3) is 0 Å². The maximum Gasteiger partial charge on any atom is 0.240 e. The number of sulfonamides is 1. The van der Waals surface area contributed by atoms with Gasteiger partial charge in [-0.1, -0.05) is 0 Å². The Morgan fingerprint density at radius 3 is 2.48 bits per heavy atom. The largest absolute Gasteiger partial charge is 0.398 e. The van der Waals surface area contributed by atoms with Crippen molar-refractivity contribution in [2.75, 3.05) is 18.9 Å². The number of benzene rings is 1. The lowest BCUT2D eigenvalue weighted by molar-refractivity contribution is 0.0762. The van der Waals surface area contributed by atoms with Gasteiger partial charge in [0.1, 0.15) is 0 Å². The molecule has 1 aromatic rings. The molecule has 0 fully saturated rings. The molecule has 0 bridgehead atoms. The van der Waals surface area contributed by atoms with E-state index in [-0.39, 0.29) is 11.0 Å². The van der Waals surface area contributed by atoms with Crippen LogP contribution in [0, 0.1) is 13.8 Å². The van der Waals surface area contributed by atoms with Crippen LogP contribution in [0.15, 0.2) is 17.0 Å². The second-order valence-electron chi connectivity index (χ2n) is 5.48. The summed E-state index contributed by atoms with van der Waals surface area (Å²) >= 11 is 0. The molecule has 0 heterocycles. The van der Waals surface area contributed by atoms with Crippen molar-refractivity contribution in [3.8, 4) is 0 Å². The van der Waals surface area contributed by atoms with Gasteiger partial charge in [-0.3, -0.25) is 0 Å². The molecule has 1 rings (SSSR count). The zero-order valence-electron chi connectivity index (χ0n) is 13.3. The minimum atomic E-state index is -3.50. The number of nitrogen functional groups attached to an aromatic ring is 1. The monoisotopic (exact) mass is 314 g/mol. The fourth-order valence-corrected chi connectivity index (χ4v) is 3.04. The average molecular weight is 314 g/mol. The van der Waals surface area contributed by atoms with Crippen LogP contribution < -0.4 is 10.5 Å². The fourth-order valence-electron chi connectivity index (χ4n) is 1.84. The highest BCUT2D eigenvalue weighted by Crippen LogP contribution is 2.21. The van der Waals surface area contributed by atoms with Crippen LogP contribution in [-0.4, -0.2) is 27.7 Å². The van der Waals surface area contributed by atoms with Crippen LogP contribution in [0.1, 0.15) is 37.8 Å². The maximum atomic E-state index is 12.2. The second-order valence-corrected chi connectivity index (χ2v) is 7.25. The number of anilines is 1. The van der Waals surface area contributed by atoms with Crippen molar-refractivity contribution in [3.63, 3.8) is 0 Å². The molecule has 0 aliphatic carbocycles. The number of nitrogens with two attached hydrogens (primary N) is 1. The zero-order chi connectivity index (χ0) is 16.0. The van der Waals surface area contributed by atoms with Gasteiger partial charge >= 0.3 is 0 Å². The molecule has 3 N–H and O–H groups in total. The van der Waals surface area contributed by atoms with Gasteiger partial charge in [-0.05, 0) is 63.8 Å². The zero-order valence-corrected chi connectivity index (χ0v) is 14.1. The van der Waals surface area contributed by atoms with Gasteiger partial charge in [-0.2, -0.15) is 0 Å². The van der Waals surface area contributed by atoms with E-state index in [9.17, 15) is 8.42 Å². The first kappa shape index (κ1) is 17.9. The maximum absolute atomic E-state index is 12.2.